The van der Waals surface area contributed by atoms with E-state index in [2.05, 4.69) is 22.0 Å². The maximum Gasteiger partial charge on any atom is 0.416 e. The van der Waals surface area contributed by atoms with E-state index in [-0.39, 0.29) is 23.4 Å². The van der Waals surface area contributed by atoms with Crippen molar-refractivity contribution in [2.45, 2.75) is 69.5 Å². The van der Waals surface area contributed by atoms with Gasteiger partial charge in [0.25, 0.3) is 10.0 Å². The summed E-state index contributed by atoms with van der Waals surface area (Å²) in [5, 5.41) is 8.13. The van der Waals surface area contributed by atoms with Crippen LogP contribution in [0.5, 0.6) is 0 Å². The van der Waals surface area contributed by atoms with E-state index >= 15 is 0 Å². The zero-order valence-electron chi connectivity index (χ0n) is 23.4. The largest absolute Gasteiger partial charge is 0.416 e. The molecule has 3 heterocycles. The standard InChI is InChI=1S/C29H36F3N5O2S/c1-20-7-6-11-36(17-20)18-21-13-25(29(30,31)32)24-10-12-37(40(38,39)26(24)14-21)23-9-5-8-22(15-23)28(2,3)16-27-34-33-19-35(27)4/h5,8-9,13-15,19-20H,6-7,10-12,16-18H2,1-4H3/t20-/m0/s1. The second-order valence-corrected chi connectivity index (χ2v) is 13.7. The van der Waals surface area contributed by atoms with Gasteiger partial charge in [-0.15, -0.1) is 10.2 Å². The molecule has 7 nitrogen and oxygen atoms in total. The van der Waals surface area contributed by atoms with Gasteiger partial charge in [0.05, 0.1) is 16.1 Å². The van der Waals surface area contributed by atoms with Crippen molar-refractivity contribution in [3.8, 4) is 0 Å². The molecule has 2 aromatic carbocycles. The molecule has 1 aromatic heterocycles. The zero-order chi connectivity index (χ0) is 28.9. The number of hydrogen-bond acceptors (Lipinski definition) is 5. The molecule has 0 radical (unpaired) electrons. The second-order valence-electron chi connectivity index (χ2n) is 11.9. The van der Waals surface area contributed by atoms with Crippen molar-refractivity contribution in [3.63, 3.8) is 0 Å². The lowest BCUT2D eigenvalue weighted by Crippen LogP contribution is -2.39. The van der Waals surface area contributed by atoms with E-state index < -0.39 is 27.2 Å². The lowest BCUT2D eigenvalue weighted by molar-refractivity contribution is -0.138. The molecule has 0 saturated carbocycles. The number of likely N-dealkylation sites (tertiary alicyclic amines) is 1. The number of benzene rings is 2. The average molecular weight is 576 g/mol. The molecule has 216 valence electrons. The predicted molar refractivity (Wildman–Crippen MR) is 148 cm³/mol. The van der Waals surface area contributed by atoms with Gasteiger partial charge in [-0.05, 0) is 78.1 Å². The summed E-state index contributed by atoms with van der Waals surface area (Å²) in [5.41, 5.74) is 0.349. The van der Waals surface area contributed by atoms with Crippen molar-refractivity contribution in [2.75, 3.05) is 23.9 Å². The van der Waals surface area contributed by atoms with Gasteiger partial charge in [0, 0.05) is 33.1 Å². The van der Waals surface area contributed by atoms with Crippen molar-refractivity contribution in [2.24, 2.45) is 13.0 Å². The molecule has 5 rings (SSSR count). The van der Waals surface area contributed by atoms with Crippen LogP contribution in [0.25, 0.3) is 0 Å². The van der Waals surface area contributed by atoms with E-state index in [0.717, 1.165) is 43.4 Å². The highest BCUT2D eigenvalue weighted by atomic mass is 32.2. The molecule has 1 atom stereocenters. The SMILES string of the molecule is C[C@H]1CCCN(Cc2cc(C(F)(F)F)c3c(c2)S(=O)(=O)N(c2cccc(C(C)(C)Cc4nncn4C)c2)CC3)C1. The quantitative estimate of drug-likeness (QED) is 0.397. The number of nitrogens with zero attached hydrogens (tertiary/aromatic N) is 5. The Labute approximate surface area is 234 Å². The van der Waals surface area contributed by atoms with Crippen molar-refractivity contribution >= 4 is 15.7 Å². The lowest BCUT2D eigenvalue weighted by atomic mass is 9.81. The van der Waals surface area contributed by atoms with Crippen molar-refractivity contribution in [1.82, 2.24) is 19.7 Å². The third kappa shape index (κ3) is 5.63. The van der Waals surface area contributed by atoms with E-state index in [1.165, 1.54) is 10.4 Å². The summed E-state index contributed by atoms with van der Waals surface area (Å²) in [6.07, 6.45) is -0.376. The first-order chi connectivity index (χ1) is 18.8. The van der Waals surface area contributed by atoms with E-state index in [9.17, 15) is 21.6 Å². The van der Waals surface area contributed by atoms with Gasteiger partial charge in [-0.25, -0.2) is 8.42 Å². The van der Waals surface area contributed by atoms with Gasteiger partial charge in [-0.3, -0.25) is 9.21 Å². The van der Waals surface area contributed by atoms with Crippen LogP contribution in [-0.2, 0) is 48.0 Å². The van der Waals surface area contributed by atoms with Crippen LogP contribution in [0, 0.1) is 5.92 Å². The van der Waals surface area contributed by atoms with Gasteiger partial charge < -0.3 is 4.57 Å². The third-order valence-electron chi connectivity index (χ3n) is 8.18. The molecule has 0 spiro atoms. The van der Waals surface area contributed by atoms with Crippen LogP contribution >= 0.6 is 0 Å². The second kappa shape index (κ2) is 10.5. The van der Waals surface area contributed by atoms with Crippen LogP contribution in [0.15, 0.2) is 47.6 Å². The molecule has 0 amide bonds. The Kier molecular flexibility index (Phi) is 7.50. The summed E-state index contributed by atoms with van der Waals surface area (Å²) in [5.74, 6) is 1.25. The fraction of sp³-hybridized carbons (Fsp3) is 0.517. The van der Waals surface area contributed by atoms with Gasteiger partial charge >= 0.3 is 6.18 Å². The van der Waals surface area contributed by atoms with E-state index in [0.29, 0.717) is 30.1 Å². The summed E-state index contributed by atoms with van der Waals surface area (Å²) >= 11 is 0. The number of anilines is 1. The summed E-state index contributed by atoms with van der Waals surface area (Å²) in [4.78, 5) is 1.88. The van der Waals surface area contributed by atoms with Crippen molar-refractivity contribution in [1.29, 1.82) is 0 Å². The Morgan fingerprint density at radius 3 is 2.55 bits per heavy atom. The number of alkyl halides is 3. The van der Waals surface area contributed by atoms with Crippen LogP contribution in [0.1, 0.15) is 61.7 Å². The molecule has 40 heavy (non-hydrogen) atoms. The number of piperidine rings is 1. The Morgan fingerprint density at radius 2 is 1.88 bits per heavy atom. The summed E-state index contributed by atoms with van der Waals surface area (Å²) < 4.78 is 73.6. The number of rotatable bonds is 6. The fourth-order valence-electron chi connectivity index (χ4n) is 5.99. The van der Waals surface area contributed by atoms with E-state index in [1.54, 1.807) is 18.5 Å². The normalized spacial score (nSPS) is 20.0. The van der Waals surface area contributed by atoms with Gasteiger partial charge in [-0.1, -0.05) is 32.9 Å². The number of fused-ring (bicyclic) bond motifs is 1. The third-order valence-corrected chi connectivity index (χ3v) is 10.1. The van der Waals surface area contributed by atoms with Gasteiger partial charge in [0.2, 0.25) is 0 Å². The Balaban J connectivity index is 1.50. The maximum atomic E-state index is 14.2. The molecule has 1 saturated heterocycles. The highest BCUT2D eigenvalue weighted by Crippen LogP contribution is 2.41. The van der Waals surface area contributed by atoms with Gasteiger partial charge in [-0.2, -0.15) is 13.2 Å². The number of hydrogen-bond donors (Lipinski definition) is 0. The maximum absolute atomic E-state index is 14.2. The minimum absolute atomic E-state index is 0.0169. The van der Waals surface area contributed by atoms with Crippen LogP contribution in [0.3, 0.4) is 0 Å². The molecule has 1 fully saturated rings. The van der Waals surface area contributed by atoms with E-state index in [1.807, 2.05) is 37.6 Å². The lowest BCUT2D eigenvalue weighted by Gasteiger charge is -2.34. The van der Waals surface area contributed by atoms with E-state index in [4.69, 9.17) is 0 Å². The highest BCUT2D eigenvalue weighted by molar-refractivity contribution is 7.93. The highest BCUT2D eigenvalue weighted by Gasteiger charge is 2.41. The molecule has 3 aromatic rings. The molecular formula is C29H36F3N5O2S. The molecule has 0 aliphatic carbocycles. The zero-order valence-corrected chi connectivity index (χ0v) is 24.2. The molecule has 0 bridgehead atoms. The van der Waals surface area contributed by atoms with Crippen molar-refractivity contribution < 1.29 is 21.6 Å². The van der Waals surface area contributed by atoms with Gasteiger partial charge in [0.1, 0.15) is 12.2 Å². The first kappa shape index (κ1) is 28.6. The minimum atomic E-state index is -4.64. The first-order valence-corrected chi connectivity index (χ1v) is 15.1. The number of halogens is 3. The molecule has 0 unspecified atom stereocenters. The van der Waals surface area contributed by atoms with Crippen molar-refractivity contribution in [3.05, 3.63) is 70.8 Å². The summed E-state index contributed by atoms with van der Waals surface area (Å²) in [6.45, 7) is 8.03. The van der Waals surface area contributed by atoms with Crippen LogP contribution in [-0.4, -0.2) is 47.7 Å². The minimum Gasteiger partial charge on any atom is -0.321 e. The average Bonchev–Trinajstić information content (AvgIpc) is 3.27. The van der Waals surface area contributed by atoms with Crippen LogP contribution in [0.4, 0.5) is 18.9 Å². The monoisotopic (exact) mass is 575 g/mol. The first-order valence-electron chi connectivity index (χ1n) is 13.7. The fourth-order valence-corrected chi connectivity index (χ4v) is 7.77. The molecule has 11 heteroatoms. The Bertz CT molecular complexity index is 1500. The summed E-state index contributed by atoms with van der Waals surface area (Å²) in [6, 6.07) is 9.87. The Hall–Kier alpha value is -2.92. The van der Waals surface area contributed by atoms with Crippen LogP contribution < -0.4 is 4.31 Å². The molecule has 2 aliphatic rings. The topological polar surface area (TPSA) is 71.3 Å². The smallest absolute Gasteiger partial charge is 0.321 e. The molecule has 2 aliphatic heterocycles. The van der Waals surface area contributed by atoms with Gasteiger partial charge in [0.15, 0.2) is 0 Å². The summed E-state index contributed by atoms with van der Waals surface area (Å²) in [7, 11) is -2.35. The Morgan fingerprint density at radius 1 is 1.10 bits per heavy atom. The van der Waals surface area contributed by atoms with Crippen LogP contribution in [0.2, 0.25) is 0 Å². The molecular weight excluding hydrogens is 539 g/mol. The number of sulfonamides is 1. The number of aryl methyl sites for hydroxylation is 1. The number of aromatic nitrogens is 3. The predicted octanol–water partition coefficient (Wildman–Crippen LogP) is 5.34. The molecule has 0 N–H and O–H groups in total.